The number of rotatable bonds is 5. The van der Waals surface area contributed by atoms with Crippen molar-refractivity contribution < 1.29 is 14.3 Å². The lowest BCUT2D eigenvalue weighted by Crippen LogP contribution is -2.12. The summed E-state index contributed by atoms with van der Waals surface area (Å²) >= 11 is 5.84. The summed E-state index contributed by atoms with van der Waals surface area (Å²) in [6.07, 6.45) is 0. The van der Waals surface area contributed by atoms with Gasteiger partial charge in [0.25, 0.3) is 0 Å². The van der Waals surface area contributed by atoms with Crippen LogP contribution in [0.15, 0.2) is 48.5 Å². The fourth-order valence-electron chi connectivity index (χ4n) is 2.41. The first-order valence-electron chi connectivity index (χ1n) is 7.44. The first-order chi connectivity index (χ1) is 11.6. The number of benzene rings is 2. The summed E-state index contributed by atoms with van der Waals surface area (Å²) in [4.78, 5) is 16.7. The van der Waals surface area contributed by atoms with E-state index in [1.807, 2.05) is 31.2 Å². The average molecular weight is 342 g/mol. The van der Waals surface area contributed by atoms with E-state index in [1.165, 1.54) is 0 Å². The van der Waals surface area contributed by atoms with E-state index in [1.54, 1.807) is 31.4 Å². The minimum atomic E-state index is -0.114. The number of fused-ring (bicyclic) bond motifs is 1. The van der Waals surface area contributed by atoms with Gasteiger partial charge in [0, 0.05) is 27.7 Å². The molecule has 1 heterocycles. The van der Waals surface area contributed by atoms with Crippen LogP contribution in [0.3, 0.4) is 0 Å². The number of methoxy groups -OCH3 is 1. The molecule has 0 radical (unpaired) electrons. The molecule has 122 valence electrons. The first-order valence-corrected chi connectivity index (χ1v) is 7.81. The van der Waals surface area contributed by atoms with E-state index in [0.717, 1.165) is 16.6 Å². The molecule has 0 aliphatic carbocycles. The van der Waals surface area contributed by atoms with Crippen molar-refractivity contribution in [2.45, 2.75) is 6.92 Å². The molecule has 5 heteroatoms. The van der Waals surface area contributed by atoms with Crippen LogP contribution in [-0.4, -0.2) is 24.5 Å². The van der Waals surface area contributed by atoms with E-state index < -0.39 is 0 Å². The normalized spacial score (nSPS) is 10.6. The van der Waals surface area contributed by atoms with Crippen molar-refractivity contribution in [1.82, 2.24) is 4.98 Å². The third-order valence-electron chi connectivity index (χ3n) is 3.63. The van der Waals surface area contributed by atoms with Gasteiger partial charge < -0.3 is 9.47 Å². The van der Waals surface area contributed by atoms with Gasteiger partial charge in [-0.2, -0.15) is 0 Å². The molecule has 0 saturated carbocycles. The number of aryl methyl sites for hydroxylation is 1. The van der Waals surface area contributed by atoms with Crippen molar-refractivity contribution >= 4 is 28.3 Å². The van der Waals surface area contributed by atoms with E-state index >= 15 is 0 Å². The number of hydrogen-bond donors (Lipinski definition) is 0. The summed E-state index contributed by atoms with van der Waals surface area (Å²) in [6, 6.07) is 14.1. The van der Waals surface area contributed by atoms with Crippen molar-refractivity contribution in [3.8, 4) is 11.5 Å². The van der Waals surface area contributed by atoms with Gasteiger partial charge in [0.1, 0.15) is 11.5 Å². The van der Waals surface area contributed by atoms with Crippen molar-refractivity contribution in [1.29, 1.82) is 0 Å². The second-order valence-electron chi connectivity index (χ2n) is 5.36. The van der Waals surface area contributed by atoms with Crippen molar-refractivity contribution in [2.75, 3.05) is 13.7 Å². The van der Waals surface area contributed by atoms with E-state index in [4.69, 9.17) is 21.1 Å². The number of ether oxygens (including phenoxy) is 2. The van der Waals surface area contributed by atoms with E-state index in [2.05, 4.69) is 4.98 Å². The molecule has 0 amide bonds. The topological polar surface area (TPSA) is 48.4 Å². The Morgan fingerprint density at radius 3 is 2.58 bits per heavy atom. The molecule has 1 aromatic heterocycles. The minimum Gasteiger partial charge on any atom is -0.497 e. The second kappa shape index (κ2) is 6.89. The number of aromatic nitrogens is 1. The van der Waals surface area contributed by atoms with Crippen LogP contribution in [0.1, 0.15) is 16.1 Å². The third-order valence-corrected chi connectivity index (χ3v) is 3.88. The van der Waals surface area contributed by atoms with E-state index in [9.17, 15) is 4.79 Å². The molecule has 2 aromatic carbocycles. The van der Waals surface area contributed by atoms with Gasteiger partial charge in [0.15, 0.2) is 12.4 Å². The first kappa shape index (κ1) is 16.3. The van der Waals surface area contributed by atoms with Crippen molar-refractivity contribution in [2.24, 2.45) is 0 Å². The molecular formula is C19H16ClNO3. The Labute approximate surface area is 145 Å². The van der Waals surface area contributed by atoms with Crippen LogP contribution < -0.4 is 9.47 Å². The summed E-state index contributed by atoms with van der Waals surface area (Å²) in [6.45, 7) is 1.83. The largest absolute Gasteiger partial charge is 0.497 e. The van der Waals surface area contributed by atoms with Crippen LogP contribution >= 0.6 is 11.6 Å². The van der Waals surface area contributed by atoms with Crippen LogP contribution in [0.5, 0.6) is 11.5 Å². The molecule has 4 nitrogen and oxygen atoms in total. The lowest BCUT2D eigenvalue weighted by molar-refractivity contribution is 0.0922. The predicted octanol–water partition coefficient (Wildman–Crippen LogP) is 4.47. The molecule has 0 N–H and O–H groups in total. The van der Waals surface area contributed by atoms with Crippen LogP contribution in [0.25, 0.3) is 10.9 Å². The Kier molecular flexibility index (Phi) is 4.67. The number of hydrogen-bond acceptors (Lipinski definition) is 4. The van der Waals surface area contributed by atoms with Crippen LogP contribution in [0.4, 0.5) is 0 Å². The minimum absolute atomic E-state index is 0.0581. The number of ketones is 1. The molecule has 0 unspecified atom stereocenters. The predicted molar refractivity (Wildman–Crippen MR) is 94.3 cm³/mol. The number of carbonyl (C=O) groups is 1. The van der Waals surface area contributed by atoms with Crippen LogP contribution in [0, 0.1) is 6.92 Å². The molecule has 24 heavy (non-hydrogen) atoms. The van der Waals surface area contributed by atoms with Crippen molar-refractivity contribution in [3.05, 3.63) is 64.8 Å². The Morgan fingerprint density at radius 1 is 1.12 bits per heavy atom. The van der Waals surface area contributed by atoms with Crippen LogP contribution in [0.2, 0.25) is 5.02 Å². The lowest BCUT2D eigenvalue weighted by atomic mass is 10.1. The highest BCUT2D eigenvalue weighted by Crippen LogP contribution is 2.29. The Hall–Kier alpha value is -2.59. The van der Waals surface area contributed by atoms with Crippen LogP contribution in [-0.2, 0) is 0 Å². The monoisotopic (exact) mass is 341 g/mol. The number of halogens is 1. The van der Waals surface area contributed by atoms with E-state index in [0.29, 0.717) is 22.1 Å². The molecular weight excluding hydrogens is 326 g/mol. The average Bonchev–Trinajstić information content (AvgIpc) is 2.59. The fraction of sp³-hybridized carbons (Fsp3) is 0.158. The van der Waals surface area contributed by atoms with Gasteiger partial charge in [-0.1, -0.05) is 11.6 Å². The Bertz CT molecular complexity index is 891. The van der Waals surface area contributed by atoms with Gasteiger partial charge in [0.2, 0.25) is 0 Å². The zero-order valence-electron chi connectivity index (χ0n) is 13.4. The highest BCUT2D eigenvalue weighted by molar-refractivity contribution is 6.30. The summed E-state index contributed by atoms with van der Waals surface area (Å²) in [5, 5.41) is 1.40. The number of Topliss-reactive ketones (excluding diaryl/α,β-unsaturated/α-hetero) is 1. The maximum Gasteiger partial charge on any atom is 0.200 e. The zero-order valence-corrected chi connectivity index (χ0v) is 14.1. The lowest BCUT2D eigenvalue weighted by Gasteiger charge is -2.11. The summed E-state index contributed by atoms with van der Waals surface area (Å²) in [5.41, 5.74) is 2.18. The molecule has 0 fully saturated rings. The molecule has 0 aliphatic rings. The second-order valence-corrected chi connectivity index (χ2v) is 5.80. The smallest absolute Gasteiger partial charge is 0.200 e. The highest BCUT2D eigenvalue weighted by atomic mass is 35.5. The highest BCUT2D eigenvalue weighted by Gasteiger charge is 2.11. The van der Waals surface area contributed by atoms with Gasteiger partial charge in [0.05, 0.1) is 12.6 Å². The van der Waals surface area contributed by atoms with Gasteiger partial charge in [-0.25, -0.2) is 0 Å². The Balaban J connectivity index is 1.86. The van der Waals surface area contributed by atoms with Gasteiger partial charge in [-0.05, 0) is 49.4 Å². The van der Waals surface area contributed by atoms with Gasteiger partial charge in [-0.3, -0.25) is 9.78 Å². The zero-order chi connectivity index (χ0) is 17.1. The number of carbonyl (C=O) groups excluding carboxylic acids is 1. The molecule has 0 atom stereocenters. The number of nitrogens with zero attached hydrogens (tertiary/aromatic N) is 1. The fourth-order valence-corrected chi connectivity index (χ4v) is 2.53. The maximum atomic E-state index is 12.3. The molecule has 3 aromatic rings. The molecule has 0 aliphatic heterocycles. The molecule has 0 saturated heterocycles. The van der Waals surface area contributed by atoms with Crippen molar-refractivity contribution in [3.63, 3.8) is 0 Å². The molecule has 0 spiro atoms. The van der Waals surface area contributed by atoms with Gasteiger partial charge in [-0.15, -0.1) is 0 Å². The third kappa shape index (κ3) is 3.49. The molecule has 3 rings (SSSR count). The number of pyridine rings is 1. The molecule has 0 bridgehead atoms. The summed E-state index contributed by atoms with van der Waals surface area (Å²) in [7, 11) is 1.60. The summed E-state index contributed by atoms with van der Waals surface area (Å²) in [5.74, 6) is 1.21. The van der Waals surface area contributed by atoms with Gasteiger partial charge >= 0.3 is 0 Å². The Morgan fingerprint density at radius 2 is 1.88 bits per heavy atom. The summed E-state index contributed by atoms with van der Waals surface area (Å²) < 4.78 is 11.0. The quantitative estimate of drug-likeness (QED) is 0.642. The SMILES string of the molecule is COc1ccc2nc(C)cc(OCC(=O)c3ccc(Cl)cc3)c2c1. The van der Waals surface area contributed by atoms with E-state index in [-0.39, 0.29) is 12.4 Å². The maximum absolute atomic E-state index is 12.3. The standard InChI is InChI=1S/C19H16ClNO3/c1-12-9-19(16-10-15(23-2)7-8-17(16)21-12)24-11-18(22)13-3-5-14(20)6-4-13/h3-10H,11H2,1-2H3.